The van der Waals surface area contributed by atoms with E-state index in [-0.39, 0.29) is 0 Å². The molecule has 2 nitrogen and oxygen atoms in total. The van der Waals surface area contributed by atoms with Crippen LogP contribution in [0.1, 0.15) is 24.1 Å². The van der Waals surface area contributed by atoms with Crippen molar-refractivity contribution in [3.63, 3.8) is 0 Å². The van der Waals surface area contributed by atoms with Crippen LogP contribution in [0.4, 0.5) is 0 Å². The Morgan fingerprint density at radius 1 is 0.514 bits per heavy atom. The lowest BCUT2D eigenvalue weighted by molar-refractivity contribution is 0.667. The van der Waals surface area contributed by atoms with Gasteiger partial charge in [-0.25, -0.2) is 4.98 Å². The lowest BCUT2D eigenvalue weighted by Gasteiger charge is -2.16. The zero-order chi connectivity index (χ0) is 24.6. The molecule has 1 aliphatic rings. The molecule has 178 valence electrons. The zero-order valence-corrected chi connectivity index (χ0v) is 20.8. The normalized spacial score (nSPS) is 13.0. The largest absolute Gasteiger partial charge is 0.313 e. The van der Waals surface area contributed by atoms with Crippen molar-refractivity contribution in [3.8, 4) is 39.3 Å². The van der Waals surface area contributed by atoms with Gasteiger partial charge in [-0.05, 0) is 72.7 Å². The molecular formula is C35H28N2. The fourth-order valence-corrected chi connectivity index (χ4v) is 5.80. The predicted molar refractivity (Wildman–Crippen MR) is 154 cm³/mol. The number of hydrogen-bond donors (Lipinski definition) is 0. The first-order chi connectivity index (χ1) is 18.3. The third-order valence-corrected chi connectivity index (χ3v) is 7.60. The van der Waals surface area contributed by atoms with E-state index >= 15 is 0 Å². The Labute approximate surface area is 217 Å². The molecule has 2 aromatic heterocycles. The second kappa shape index (κ2) is 9.22. The van der Waals surface area contributed by atoms with E-state index in [0.717, 1.165) is 28.9 Å². The molecular weight excluding hydrogens is 448 g/mol. The van der Waals surface area contributed by atoms with E-state index in [2.05, 4.69) is 114 Å². The molecule has 0 unspecified atom stereocenters. The van der Waals surface area contributed by atoms with E-state index in [9.17, 15) is 0 Å². The van der Waals surface area contributed by atoms with Gasteiger partial charge in [0.2, 0.25) is 0 Å². The smallest absolute Gasteiger partial charge is 0.0715 e. The molecule has 0 bridgehead atoms. The maximum absolute atomic E-state index is 5.04. The van der Waals surface area contributed by atoms with Crippen LogP contribution in [0.15, 0.2) is 121 Å². The molecule has 2 heterocycles. The van der Waals surface area contributed by atoms with Gasteiger partial charge in [-0.1, -0.05) is 91.0 Å². The molecule has 0 atom stereocenters. The maximum atomic E-state index is 5.04. The van der Waals surface area contributed by atoms with Crippen molar-refractivity contribution in [2.24, 2.45) is 0 Å². The molecule has 0 saturated heterocycles. The molecule has 0 aliphatic heterocycles. The number of benzene rings is 4. The van der Waals surface area contributed by atoms with Crippen molar-refractivity contribution in [2.75, 3.05) is 0 Å². The number of aromatic nitrogens is 2. The van der Waals surface area contributed by atoms with E-state index in [4.69, 9.17) is 4.98 Å². The highest BCUT2D eigenvalue weighted by Gasteiger charge is 2.20. The van der Waals surface area contributed by atoms with E-state index < -0.39 is 0 Å². The summed E-state index contributed by atoms with van der Waals surface area (Å²) in [5.41, 5.74) is 12.2. The molecule has 2 heteroatoms. The van der Waals surface area contributed by atoms with Gasteiger partial charge < -0.3 is 4.57 Å². The molecule has 0 spiro atoms. The predicted octanol–water partition coefficient (Wildman–Crippen LogP) is 8.91. The monoisotopic (exact) mass is 476 g/mol. The quantitative estimate of drug-likeness (QED) is 0.248. The summed E-state index contributed by atoms with van der Waals surface area (Å²) in [6, 6.07) is 43.3. The topological polar surface area (TPSA) is 17.8 Å². The molecule has 0 fully saturated rings. The first-order valence-corrected chi connectivity index (χ1v) is 13.2. The number of para-hydroxylation sites is 1. The molecule has 7 rings (SSSR count). The van der Waals surface area contributed by atoms with Gasteiger partial charge in [0.25, 0.3) is 0 Å². The molecule has 1 aliphatic carbocycles. The third-order valence-electron chi connectivity index (χ3n) is 7.60. The SMILES string of the molecule is c1ccc(-c2cc(-c3ccc(-n4c5c(c6ccccc64)CCCC5)cc3)cc(-c3ccccc3)n2)cc1. The van der Waals surface area contributed by atoms with Gasteiger partial charge in [-0.3, -0.25) is 0 Å². The van der Waals surface area contributed by atoms with E-state index in [0.29, 0.717) is 0 Å². The fourth-order valence-electron chi connectivity index (χ4n) is 5.80. The van der Waals surface area contributed by atoms with Gasteiger partial charge in [0, 0.05) is 27.9 Å². The summed E-state index contributed by atoms with van der Waals surface area (Å²) in [5, 5.41) is 1.41. The summed E-state index contributed by atoms with van der Waals surface area (Å²) in [6.45, 7) is 0. The first kappa shape index (κ1) is 21.8. The van der Waals surface area contributed by atoms with Crippen molar-refractivity contribution < 1.29 is 0 Å². The molecule has 37 heavy (non-hydrogen) atoms. The molecule has 4 aromatic carbocycles. The summed E-state index contributed by atoms with van der Waals surface area (Å²) >= 11 is 0. The Kier molecular flexibility index (Phi) is 5.44. The van der Waals surface area contributed by atoms with Gasteiger partial charge in [-0.2, -0.15) is 0 Å². The number of rotatable bonds is 4. The Hall–Kier alpha value is -4.43. The lowest BCUT2D eigenvalue weighted by atomic mass is 9.95. The highest BCUT2D eigenvalue weighted by molar-refractivity contribution is 5.88. The van der Waals surface area contributed by atoms with E-state index in [1.165, 1.54) is 52.7 Å². The number of nitrogens with zero attached hydrogens (tertiary/aromatic N) is 2. The van der Waals surface area contributed by atoms with Crippen LogP contribution in [-0.4, -0.2) is 9.55 Å². The summed E-state index contributed by atoms with van der Waals surface area (Å²) < 4.78 is 2.49. The second-order valence-corrected chi connectivity index (χ2v) is 9.89. The highest BCUT2D eigenvalue weighted by Crippen LogP contribution is 2.36. The van der Waals surface area contributed by atoms with Crippen LogP contribution in [0.5, 0.6) is 0 Å². The molecule has 0 amide bonds. The Morgan fingerprint density at radius 3 is 1.78 bits per heavy atom. The van der Waals surface area contributed by atoms with Crippen molar-refractivity contribution >= 4 is 10.9 Å². The van der Waals surface area contributed by atoms with Crippen LogP contribution in [0.3, 0.4) is 0 Å². The zero-order valence-electron chi connectivity index (χ0n) is 20.8. The van der Waals surface area contributed by atoms with E-state index in [1.54, 1.807) is 5.56 Å². The number of hydrogen-bond acceptors (Lipinski definition) is 1. The van der Waals surface area contributed by atoms with Gasteiger partial charge in [0.05, 0.1) is 16.9 Å². The van der Waals surface area contributed by atoms with Gasteiger partial charge >= 0.3 is 0 Å². The van der Waals surface area contributed by atoms with Crippen LogP contribution < -0.4 is 0 Å². The Balaban J connectivity index is 1.34. The molecule has 0 radical (unpaired) electrons. The van der Waals surface area contributed by atoms with Crippen molar-refractivity contribution in [3.05, 3.63) is 133 Å². The van der Waals surface area contributed by atoms with Crippen LogP contribution in [-0.2, 0) is 12.8 Å². The minimum Gasteiger partial charge on any atom is -0.313 e. The summed E-state index contributed by atoms with van der Waals surface area (Å²) in [6.07, 6.45) is 4.89. The minimum absolute atomic E-state index is 0.992. The summed E-state index contributed by atoms with van der Waals surface area (Å²) in [4.78, 5) is 5.04. The van der Waals surface area contributed by atoms with Gasteiger partial charge in [-0.15, -0.1) is 0 Å². The summed E-state index contributed by atoms with van der Waals surface area (Å²) in [5.74, 6) is 0. The average Bonchev–Trinajstić information content (AvgIpc) is 3.32. The highest BCUT2D eigenvalue weighted by atomic mass is 15.0. The second-order valence-electron chi connectivity index (χ2n) is 9.89. The standard InChI is InChI=1S/C35H28N2/c1-3-11-26(12-4-1)32-23-28(24-33(36-32)27-13-5-2-6-14-27)25-19-21-29(22-20-25)37-34-17-9-7-15-30(34)31-16-8-10-18-35(31)37/h1-7,9,11-15,17,19-24H,8,10,16,18H2. The minimum atomic E-state index is 0.992. The Bertz CT molecular complexity index is 1640. The lowest BCUT2D eigenvalue weighted by Crippen LogP contribution is -2.06. The average molecular weight is 477 g/mol. The van der Waals surface area contributed by atoms with Crippen molar-refractivity contribution in [1.82, 2.24) is 9.55 Å². The van der Waals surface area contributed by atoms with Crippen molar-refractivity contribution in [1.29, 1.82) is 0 Å². The van der Waals surface area contributed by atoms with Crippen LogP contribution >= 0.6 is 0 Å². The van der Waals surface area contributed by atoms with Gasteiger partial charge in [0.1, 0.15) is 0 Å². The van der Waals surface area contributed by atoms with Crippen LogP contribution in [0, 0.1) is 0 Å². The van der Waals surface area contributed by atoms with Crippen molar-refractivity contribution in [2.45, 2.75) is 25.7 Å². The van der Waals surface area contributed by atoms with Crippen LogP contribution in [0.25, 0.3) is 50.2 Å². The first-order valence-electron chi connectivity index (χ1n) is 13.2. The number of fused-ring (bicyclic) bond motifs is 3. The number of aryl methyl sites for hydroxylation is 1. The Morgan fingerprint density at radius 2 is 1.11 bits per heavy atom. The molecule has 0 saturated carbocycles. The maximum Gasteiger partial charge on any atom is 0.0715 e. The van der Waals surface area contributed by atoms with Crippen LogP contribution in [0.2, 0.25) is 0 Å². The summed E-state index contributed by atoms with van der Waals surface area (Å²) in [7, 11) is 0. The third kappa shape index (κ3) is 3.95. The van der Waals surface area contributed by atoms with E-state index in [1.807, 2.05) is 12.1 Å². The molecule has 6 aromatic rings. The molecule has 0 N–H and O–H groups in total. The number of pyridine rings is 1. The van der Waals surface area contributed by atoms with Gasteiger partial charge in [0.15, 0.2) is 0 Å². The fraction of sp³-hybridized carbons (Fsp3) is 0.114.